The number of ketones is 1. The molecule has 0 saturated heterocycles. The third kappa shape index (κ3) is 2.51. The summed E-state index contributed by atoms with van der Waals surface area (Å²) in [6.07, 6.45) is 1.60. The van der Waals surface area contributed by atoms with Crippen molar-refractivity contribution in [3.05, 3.63) is 71.6 Å². The zero-order valence-corrected chi connectivity index (χ0v) is 12.7. The van der Waals surface area contributed by atoms with E-state index in [1.165, 1.54) is 0 Å². The van der Waals surface area contributed by atoms with Gasteiger partial charge < -0.3 is 0 Å². The first-order valence-corrected chi connectivity index (χ1v) is 7.28. The van der Waals surface area contributed by atoms with Crippen LogP contribution >= 0.6 is 11.6 Å². The van der Waals surface area contributed by atoms with Crippen LogP contribution in [0.2, 0.25) is 0 Å². The minimum Gasteiger partial charge on any atom is -0.287 e. The second kappa shape index (κ2) is 6.07. The number of para-hydroxylation sites is 1. The largest absolute Gasteiger partial charge is 0.287 e. The number of carbonyl (C=O) groups is 1. The molecule has 0 spiro atoms. The zero-order chi connectivity index (χ0) is 15.5. The number of benzene rings is 1. The van der Waals surface area contributed by atoms with Crippen molar-refractivity contribution < 1.29 is 4.79 Å². The number of hydrogen-bond donors (Lipinski definition) is 0. The summed E-state index contributed by atoms with van der Waals surface area (Å²) in [5.74, 6) is 1.34. The van der Waals surface area contributed by atoms with Crippen LogP contribution in [0, 0.1) is 6.92 Å². The first kappa shape index (κ1) is 14.4. The SMILES string of the molecule is Cc1nnc(CCl)n1-c1ccccc1C(=O)c1ccccn1. The van der Waals surface area contributed by atoms with Crippen LogP contribution in [0.25, 0.3) is 5.69 Å². The Balaban J connectivity index is 2.15. The van der Waals surface area contributed by atoms with Gasteiger partial charge in [0.05, 0.1) is 11.6 Å². The number of aromatic nitrogens is 4. The summed E-state index contributed by atoms with van der Waals surface area (Å²) in [5.41, 5.74) is 1.64. The van der Waals surface area contributed by atoms with Gasteiger partial charge in [0.2, 0.25) is 5.78 Å². The van der Waals surface area contributed by atoms with Crippen LogP contribution in [0.15, 0.2) is 48.7 Å². The van der Waals surface area contributed by atoms with E-state index in [9.17, 15) is 4.79 Å². The predicted molar refractivity (Wildman–Crippen MR) is 83.3 cm³/mol. The monoisotopic (exact) mass is 312 g/mol. The lowest BCUT2D eigenvalue weighted by Crippen LogP contribution is -2.11. The number of carbonyl (C=O) groups excluding carboxylic acids is 1. The van der Waals surface area contributed by atoms with Crippen LogP contribution in [0.4, 0.5) is 0 Å². The van der Waals surface area contributed by atoms with Crippen molar-refractivity contribution in [1.82, 2.24) is 19.7 Å². The molecule has 22 heavy (non-hydrogen) atoms. The highest BCUT2D eigenvalue weighted by molar-refractivity contribution is 6.16. The predicted octanol–water partition coefficient (Wildman–Crippen LogP) is 2.94. The van der Waals surface area contributed by atoms with Crippen molar-refractivity contribution in [2.24, 2.45) is 0 Å². The Morgan fingerprint density at radius 2 is 1.91 bits per heavy atom. The molecule has 2 heterocycles. The van der Waals surface area contributed by atoms with Gasteiger partial charge in [-0.15, -0.1) is 21.8 Å². The van der Waals surface area contributed by atoms with Crippen LogP contribution < -0.4 is 0 Å². The van der Waals surface area contributed by atoms with Gasteiger partial charge in [-0.1, -0.05) is 18.2 Å². The molecule has 0 saturated carbocycles. The molecular formula is C16H13ClN4O. The van der Waals surface area contributed by atoms with E-state index in [2.05, 4.69) is 15.2 Å². The third-order valence-corrected chi connectivity index (χ3v) is 3.54. The lowest BCUT2D eigenvalue weighted by molar-refractivity contribution is 0.103. The highest BCUT2D eigenvalue weighted by Gasteiger charge is 2.18. The average Bonchev–Trinajstić information content (AvgIpc) is 2.95. The third-order valence-electron chi connectivity index (χ3n) is 3.30. The number of pyridine rings is 1. The number of alkyl halides is 1. The van der Waals surface area contributed by atoms with E-state index in [-0.39, 0.29) is 11.7 Å². The Labute approximate surface area is 132 Å². The molecule has 3 aromatic rings. The fourth-order valence-corrected chi connectivity index (χ4v) is 2.47. The topological polar surface area (TPSA) is 60.7 Å². The molecule has 3 rings (SSSR count). The second-order valence-corrected chi connectivity index (χ2v) is 4.96. The van der Waals surface area contributed by atoms with E-state index in [1.807, 2.05) is 25.1 Å². The van der Waals surface area contributed by atoms with Gasteiger partial charge in [0.15, 0.2) is 5.82 Å². The van der Waals surface area contributed by atoms with Gasteiger partial charge >= 0.3 is 0 Å². The fraction of sp³-hybridized carbons (Fsp3) is 0.125. The average molecular weight is 313 g/mol. The Morgan fingerprint density at radius 3 is 2.64 bits per heavy atom. The molecule has 0 aliphatic carbocycles. The molecule has 0 amide bonds. The van der Waals surface area contributed by atoms with Crippen molar-refractivity contribution in [3.8, 4) is 5.69 Å². The Bertz CT molecular complexity index is 814. The van der Waals surface area contributed by atoms with Crippen molar-refractivity contribution in [2.45, 2.75) is 12.8 Å². The zero-order valence-electron chi connectivity index (χ0n) is 11.9. The molecule has 110 valence electrons. The van der Waals surface area contributed by atoms with Gasteiger partial charge in [0.1, 0.15) is 11.5 Å². The highest BCUT2D eigenvalue weighted by atomic mass is 35.5. The lowest BCUT2D eigenvalue weighted by Gasteiger charge is -2.12. The van der Waals surface area contributed by atoms with Gasteiger partial charge in [0.25, 0.3) is 0 Å². The van der Waals surface area contributed by atoms with Crippen LogP contribution in [-0.4, -0.2) is 25.5 Å². The van der Waals surface area contributed by atoms with E-state index >= 15 is 0 Å². The van der Waals surface area contributed by atoms with Crippen molar-refractivity contribution >= 4 is 17.4 Å². The number of halogens is 1. The van der Waals surface area contributed by atoms with Crippen molar-refractivity contribution in [3.63, 3.8) is 0 Å². The molecule has 0 radical (unpaired) electrons. The molecule has 0 aliphatic heterocycles. The minimum absolute atomic E-state index is 0.148. The summed E-state index contributed by atoms with van der Waals surface area (Å²) in [6, 6.07) is 12.6. The number of hydrogen-bond acceptors (Lipinski definition) is 4. The Morgan fingerprint density at radius 1 is 1.14 bits per heavy atom. The Hall–Kier alpha value is -2.53. The van der Waals surface area contributed by atoms with E-state index < -0.39 is 0 Å². The first-order chi connectivity index (χ1) is 10.7. The maximum absolute atomic E-state index is 12.7. The fourth-order valence-electron chi connectivity index (χ4n) is 2.30. The summed E-state index contributed by atoms with van der Waals surface area (Å²) in [6.45, 7) is 1.82. The van der Waals surface area contributed by atoms with Gasteiger partial charge in [-0.05, 0) is 31.2 Å². The summed E-state index contributed by atoms with van der Waals surface area (Å²) in [7, 11) is 0. The molecule has 5 nitrogen and oxygen atoms in total. The molecule has 6 heteroatoms. The molecule has 1 aromatic carbocycles. The summed E-state index contributed by atoms with van der Waals surface area (Å²) in [4.78, 5) is 16.8. The Kier molecular flexibility index (Phi) is 3.98. The van der Waals surface area contributed by atoms with Crippen LogP contribution in [0.3, 0.4) is 0 Å². The van der Waals surface area contributed by atoms with Gasteiger partial charge in [0, 0.05) is 11.8 Å². The van der Waals surface area contributed by atoms with E-state index in [0.717, 1.165) is 0 Å². The maximum atomic E-state index is 12.7. The smallest absolute Gasteiger partial charge is 0.213 e. The molecule has 0 atom stereocenters. The van der Waals surface area contributed by atoms with E-state index in [4.69, 9.17) is 11.6 Å². The molecule has 0 aliphatic rings. The summed E-state index contributed by atoms with van der Waals surface area (Å²) in [5, 5.41) is 8.08. The summed E-state index contributed by atoms with van der Waals surface area (Å²) >= 11 is 5.92. The van der Waals surface area contributed by atoms with Gasteiger partial charge in [-0.3, -0.25) is 14.3 Å². The number of aryl methyl sites for hydroxylation is 1. The normalized spacial score (nSPS) is 10.6. The molecule has 0 N–H and O–H groups in total. The van der Waals surface area contributed by atoms with Crippen LogP contribution in [0.1, 0.15) is 27.7 Å². The molecule has 0 bridgehead atoms. The van der Waals surface area contributed by atoms with E-state index in [1.54, 1.807) is 35.0 Å². The number of rotatable bonds is 4. The molecule has 2 aromatic heterocycles. The highest BCUT2D eigenvalue weighted by Crippen LogP contribution is 2.21. The quantitative estimate of drug-likeness (QED) is 0.549. The first-order valence-electron chi connectivity index (χ1n) is 6.74. The standard InChI is InChI=1S/C16H13ClN4O/c1-11-19-20-15(10-17)21(11)14-8-3-2-6-12(14)16(22)13-7-4-5-9-18-13/h2-9H,10H2,1H3. The van der Waals surface area contributed by atoms with Gasteiger partial charge in [-0.25, -0.2) is 0 Å². The minimum atomic E-state index is -0.148. The van der Waals surface area contributed by atoms with Crippen LogP contribution in [0.5, 0.6) is 0 Å². The maximum Gasteiger partial charge on any atom is 0.213 e. The number of nitrogens with zero attached hydrogens (tertiary/aromatic N) is 4. The summed E-state index contributed by atoms with van der Waals surface area (Å²) < 4.78 is 1.79. The molecular weight excluding hydrogens is 300 g/mol. The van der Waals surface area contributed by atoms with Gasteiger partial charge in [-0.2, -0.15) is 0 Å². The van der Waals surface area contributed by atoms with Crippen molar-refractivity contribution in [1.29, 1.82) is 0 Å². The second-order valence-electron chi connectivity index (χ2n) is 4.69. The molecule has 0 unspecified atom stereocenters. The lowest BCUT2D eigenvalue weighted by atomic mass is 10.1. The molecule has 0 fully saturated rings. The van der Waals surface area contributed by atoms with Crippen LogP contribution in [-0.2, 0) is 5.88 Å². The van der Waals surface area contributed by atoms with Crippen molar-refractivity contribution in [2.75, 3.05) is 0 Å². The van der Waals surface area contributed by atoms with E-state index in [0.29, 0.717) is 28.6 Å².